The molecule has 1 fully saturated rings. The van der Waals surface area contributed by atoms with Gasteiger partial charge in [0.2, 0.25) is 0 Å². The van der Waals surface area contributed by atoms with Gasteiger partial charge in [0.1, 0.15) is 0 Å². The number of carbonyl (C=O) groups excluding carboxylic acids is 1. The molecule has 1 aromatic carbocycles. The monoisotopic (exact) mass is 218 g/mol. The molecular weight excluding hydrogens is 200 g/mol. The molecule has 16 heavy (non-hydrogen) atoms. The first-order valence-electron chi connectivity index (χ1n) is 5.64. The smallest absolute Gasteiger partial charge is 0.318 e. The third-order valence-corrected chi connectivity index (χ3v) is 2.89. The highest BCUT2D eigenvalue weighted by Gasteiger charge is 2.36. The molecule has 1 saturated heterocycles. The summed E-state index contributed by atoms with van der Waals surface area (Å²) in [4.78, 5) is 16.0. The van der Waals surface area contributed by atoms with Crippen molar-refractivity contribution in [2.45, 2.75) is 26.3 Å². The van der Waals surface area contributed by atoms with E-state index in [0.29, 0.717) is 0 Å². The number of rotatable bonds is 1. The van der Waals surface area contributed by atoms with Gasteiger partial charge in [-0.2, -0.15) is 0 Å². The molecule has 2 rings (SSSR count). The Kier molecular flexibility index (Phi) is 2.62. The van der Waals surface area contributed by atoms with Crippen LogP contribution in [0.4, 0.5) is 10.5 Å². The molecule has 1 aliphatic heterocycles. The number of hydrogen-bond acceptors (Lipinski definition) is 1. The van der Waals surface area contributed by atoms with E-state index in [0.717, 1.165) is 18.8 Å². The Hall–Kier alpha value is -1.51. The molecular formula is C13H18N2O. The first-order chi connectivity index (χ1) is 7.50. The number of nitrogens with zero attached hydrogens (tertiary/aromatic N) is 2. The minimum absolute atomic E-state index is 0.0966. The van der Waals surface area contributed by atoms with Gasteiger partial charge < -0.3 is 4.90 Å². The van der Waals surface area contributed by atoms with Crippen molar-refractivity contribution in [1.82, 2.24) is 4.90 Å². The molecule has 86 valence electrons. The number of carbonyl (C=O) groups is 1. The van der Waals surface area contributed by atoms with E-state index in [1.54, 1.807) is 0 Å². The molecule has 3 nitrogen and oxygen atoms in total. The zero-order chi connectivity index (χ0) is 11.8. The molecule has 2 amide bonds. The predicted octanol–water partition coefficient (Wildman–Crippen LogP) is 2.73. The fraction of sp³-hybridized carbons (Fsp3) is 0.462. The maximum atomic E-state index is 12.2. The van der Waals surface area contributed by atoms with Gasteiger partial charge in [-0.15, -0.1) is 0 Å². The molecule has 0 aromatic heterocycles. The molecule has 0 atom stereocenters. The normalized spacial score (nSPS) is 17.1. The first kappa shape index (κ1) is 11.0. The third kappa shape index (κ3) is 1.90. The van der Waals surface area contributed by atoms with E-state index in [1.165, 1.54) is 0 Å². The number of urea groups is 1. The van der Waals surface area contributed by atoms with Crippen molar-refractivity contribution in [3.63, 3.8) is 0 Å². The van der Waals surface area contributed by atoms with Gasteiger partial charge in [0, 0.05) is 24.3 Å². The van der Waals surface area contributed by atoms with Gasteiger partial charge >= 0.3 is 6.03 Å². The van der Waals surface area contributed by atoms with Crippen molar-refractivity contribution in [2.24, 2.45) is 0 Å². The Labute approximate surface area is 96.7 Å². The number of amides is 2. The summed E-state index contributed by atoms with van der Waals surface area (Å²) in [6.45, 7) is 7.79. The van der Waals surface area contributed by atoms with E-state index >= 15 is 0 Å². The van der Waals surface area contributed by atoms with Gasteiger partial charge in [-0.25, -0.2) is 4.79 Å². The second kappa shape index (κ2) is 3.81. The van der Waals surface area contributed by atoms with Crippen LogP contribution in [0.2, 0.25) is 0 Å². The zero-order valence-corrected chi connectivity index (χ0v) is 10.1. The van der Waals surface area contributed by atoms with Crippen LogP contribution in [-0.4, -0.2) is 29.6 Å². The summed E-state index contributed by atoms with van der Waals surface area (Å²) in [5.41, 5.74) is 0.889. The minimum Gasteiger partial charge on any atom is -0.318 e. The number of benzene rings is 1. The summed E-state index contributed by atoms with van der Waals surface area (Å²) >= 11 is 0. The van der Waals surface area contributed by atoms with Gasteiger partial charge in [0.25, 0.3) is 0 Å². The molecule has 0 radical (unpaired) electrons. The van der Waals surface area contributed by atoms with Crippen LogP contribution in [0.5, 0.6) is 0 Å². The van der Waals surface area contributed by atoms with E-state index in [2.05, 4.69) is 20.8 Å². The van der Waals surface area contributed by atoms with Crippen LogP contribution in [0.1, 0.15) is 20.8 Å². The molecule has 0 unspecified atom stereocenters. The lowest BCUT2D eigenvalue weighted by Gasteiger charge is -2.31. The van der Waals surface area contributed by atoms with E-state index in [4.69, 9.17) is 0 Å². The predicted molar refractivity (Wildman–Crippen MR) is 65.6 cm³/mol. The van der Waals surface area contributed by atoms with Crippen molar-refractivity contribution < 1.29 is 4.79 Å². The van der Waals surface area contributed by atoms with Crippen molar-refractivity contribution >= 4 is 11.7 Å². The summed E-state index contributed by atoms with van der Waals surface area (Å²) in [7, 11) is 0. The Morgan fingerprint density at radius 3 is 2.19 bits per heavy atom. The number of anilines is 1. The number of hydrogen-bond donors (Lipinski definition) is 0. The molecule has 1 aromatic rings. The van der Waals surface area contributed by atoms with Gasteiger partial charge in [0.05, 0.1) is 0 Å². The number of para-hydroxylation sites is 1. The molecule has 0 N–H and O–H groups in total. The lowest BCUT2D eigenvalue weighted by Crippen LogP contribution is -2.44. The van der Waals surface area contributed by atoms with Gasteiger partial charge in [-0.05, 0) is 32.9 Å². The van der Waals surface area contributed by atoms with Crippen LogP contribution in [0.15, 0.2) is 30.3 Å². The van der Waals surface area contributed by atoms with Crippen LogP contribution in [0.3, 0.4) is 0 Å². The SMILES string of the molecule is CC(C)(C)N1CCN(c2ccccc2)C1=O. The third-order valence-electron chi connectivity index (χ3n) is 2.89. The Bertz CT molecular complexity index is 381. The van der Waals surface area contributed by atoms with E-state index in [1.807, 2.05) is 40.1 Å². The van der Waals surface area contributed by atoms with Crippen molar-refractivity contribution in [1.29, 1.82) is 0 Å². The average molecular weight is 218 g/mol. The van der Waals surface area contributed by atoms with E-state index in [9.17, 15) is 4.79 Å². The molecule has 0 spiro atoms. The maximum absolute atomic E-state index is 12.2. The Morgan fingerprint density at radius 1 is 1.06 bits per heavy atom. The van der Waals surface area contributed by atoms with Gasteiger partial charge in [-0.1, -0.05) is 18.2 Å². The summed E-state index contributed by atoms with van der Waals surface area (Å²) in [6.07, 6.45) is 0. The van der Waals surface area contributed by atoms with Crippen molar-refractivity contribution in [3.8, 4) is 0 Å². The van der Waals surface area contributed by atoms with Crippen LogP contribution >= 0.6 is 0 Å². The minimum atomic E-state index is -0.0966. The summed E-state index contributed by atoms with van der Waals surface area (Å²) < 4.78 is 0. The van der Waals surface area contributed by atoms with Crippen LogP contribution < -0.4 is 4.90 Å². The highest BCUT2D eigenvalue weighted by Crippen LogP contribution is 2.25. The van der Waals surface area contributed by atoms with E-state index in [-0.39, 0.29) is 11.6 Å². The summed E-state index contributed by atoms with van der Waals surface area (Å²) in [6, 6.07) is 9.95. The van der Waals surface area contributed by atoms with Crippen molar-refractivity contribution in [3.05, 3.63) is 30.3 Å². The fourth-order valence-electron chi connectivity index (χ4n) is 2.01. The molecule has 1 heterocycles. The second-order valence-electron chi connectivity index (χ2n) is 5.09. The highest BCUT2D eigenvalue weighted by molar-refractivity contribution is 5.94. The molecule has 3 heteroatoms. The maximum Gasteiger partial charge on any atom is 0.325 e. The lowest BCUT2D eigenvalue weighted by molar-refractivity contribution is 0.173. The zero-order valence-electron chi connectivity index (χ0n) is 10.1. The van der Waals surface area contributed by atoms with E-state index < -0.39 is 0 Å². The van der Waals surface area contributed by atoms with Crippen molar-refractivity contribution in [2.75, 3.05) is 18.0 Å². The Balaban J connectivity index is 2.20. The Morgan fingerprint density at radius 2 is 1.69 bits per heavy atom. The second-order valence-corrected chi connectivity index (χ2v) is 5.09. The largest absolute Gasteiger partial charge is 0.325 e. The fourth-order valence-corrected chi connectivity index (χ4v) is 2.01. The highest BCUT2D eigenvalue weighted by atomic mass is 16.2. The van der Waals surface area contributed by atoms with Crippen LogP contribution in [0.25, 0.3) is 0 Å². The topological polar surface area (TPSA) is 23.6 Å². The summed E-state index contributed by atoms with van der Waals surface area (Å²) in [5.74, 6) is 0. The van der Waals surface area contributed by atoms with Gasteiger partial charge in [-0.3, -0.25) is 4.90 Å². The molecule has 0 bridgehead atoms. The lowest BCUT2D eigenvalue weighted by atomic mass is 10.1. The standard InChI is InChI=1S/C13H18N2O/c1-13(2,3)15-10-9-14(12(15)16)11-7-5-4-6-8-11/h4-8H,9-10H2,1-3H3. The molecule has 1 aliphatic rings. The first-order valence-corrected chi connectivity index (χ1v) is 5.64. The van der Waals surface area contributed by atoms with Crippen LogP contribution in [-0.2, 0) is 0 Å². The van der Waals surface area contributed by atoms with Crippen LogP contribution in [0, 0.1) is 0 Å². The molecule has 0 aliphatic carbocycles. The molecule has 0 saturated carbocycles. The quantitative estimate of drug-likeness (QED) is 0.711. The average Bonchev–Trinajstić information content (AvgIpc) is 2.61. The van der Waals surface area contributed by atoms with Gasteiger partial charge in [0.15, 0.2) is 0 Å². The summed E-state index contributed by atoms with van der Waals surface area (Å²) in [5, 5.41) is 0.